The molecule has 0 saturated heterocycles. The molecule has 1 aliphatic heterocycles. The van der Waals surface area contributed by atoms with Gasteiger partial charge in [0.15, 0.2) is 11.6 Å². The molecule has 0 aliphatic carbocycles. The third-order valence-electron chi connectivity index (χ3n) is 2.40. The van der Waals surface area contributed by atoms with Crippen LogP contribution in [-0.2, 0) is 12.2 Å². The van der Waals surface area contributed by atoms with Crippen LogP contribution in [0.4, 0.5) is 5.82 Å². The summed E-state index contributed by atoms with van der Waals surface area (Å²) in [6.07, 6.45) is 1.17. The average Bonchev–Trinajstić information content (AvgIpc) is 2.82. The number of rotatable bonds is 1. The Hall–Kier alpha value is -0.940. The van der Waals surface area contributed by atoms with E-state index in [4.69, 9.17) is 10.3 Å². The zero-order valence-corrected chi connectivity index (χ0v) is 9.66. The first-order chi connectivity index (χ1) is 7.33. The summed E-state index contributed by atoms with van der Waals surface area (Å²) in [5.41, 5.74) is 6.98. The number of hydrogen-bond donors (Lipinski definition) is 1. The van der Waals surface area contributed by atoms with Gasteiger partial charge in [0.2, 0.25) is 0 Å². The van der Waals surface area contributed by atoms with Crippen LogP contribution in [0.2, 0.25) is 0 Å². The van der Waals surface area contributed by atoms with E-state index in [0.717, 1.165) is 16.4 Å². The van der Waals surface area contributed by atoms with Crippen LogP contribution in [0.1, 0.15) is 10.4 Å². The largest absolute Gasteiger partial charge is 0.381 e. The molecule has 2 aromatic heterocycles. The van der Waals surface area contributed by atoms with E-state index in [1.54, 1.807) is 17.4 Å². The summed E-state index contributed by atoms with van der Waals surface area (Å²) in [6.45, 7) is 0. The quantitative estimate of drug-likeness (QED) is 0.830. The summed E-state index contributed by atoms with van der Waals surface area (Å²) in [5.74, 6) is 3.59. The van der Waals surface area contributed by atoms with E-state index in [1.807, 2.05) is 11.8 Å². The van der Waals surface area contributed by atoms with Gasteiger partial charge in [-0.2, -0.15) is 11.8 Å². The highest BCUT2D eigenvalue weighted by atomic mass is 32.2. The van der Waals surface area contributed by atoms with Crippen LogP contribution in [0.25, 0.3) is 10.6 Å². The maximum absolute atomic E-state index is 5.53. The van der Waals surface area contributed by atoms with E-state index in [1.165, 1.54) is 22.6 Å². The molecule has 0 amide bonds. The standard InChI is InChI=1S/C10H10N2OS2/c11-10-4-7(13-12-10)9-3-6-5-14-2-1-8(6)15-9/h3-4H,1-2,5H2,(H2,11,12). The number of fused-ring (bicyclic) bond motifs is 1. The minimum atomic E-state index is 0.450. The van der Waals surface area contributed by atoms with Crippen molar-refractivity contribution in [3.8, 4) is 10.6 Å². The van der Waals surface area contributed by atoms with E-state index in [9.17, 15) is 0 Å². The first-order valence-electron chi connectivity index (χ1n) is 4.75. The van der Waals surface area contributed by atoms with Gasteiger partial charge in [-0.3, -0.25) is 0 Å². The van der Waals surface area contributed by atoms with Gasteiger partial charge in [-0.1, -0.05) is 5.16 Å². The molecule has 15 heavy (non-hydrogen) atoms. The highest BCUT2D eigenvalue weighted by Gasteiger charge is 2.16. The summed E-state index contributed by atoms with van der Waals surface area (Å²) in [4.78, 5) is 2.63. The highest BCUT2D eigenvalue weighted by Crippen LogP contribution is 2.37. The number of aromatic nitrogens is 1. The number of nitrogen functional groups attached to an aromatic ring is 1. The lowest BCUT2D eigenvalue weighted by molar-refractivity contribution is 0.436. The second-order valence-electron chi connectivity index (χ2n) is 3.48. The number of hydrogen-bond acceptors (Lipinski definition) is 5. The number of nitrogens with zero attached hydrogens (tertiary/aromatic N) is 1. The van der Waals surface area contributed by atoms with Crippen LogP contribution >= 0.6 is 23.1 Å². The monoisotopic (exact) mass is 238 g/mol. The van der Waals surface area contributed by atoms with Gasteiger partial charge in [-0.05, 0) is 23.8 Å². The number of anilines is 1. The van der Waals surface area contributed by atoms with Crippen LogP contribution in [0.3, 0.4) is 0 Å². The Bertz CT molecular complexity index is 466. The molecular formula is C10H10N2OS2. The Morgan fingerprint density at radius 1 is 1.40 bits per heavy atom. The molecule has 78 valence electrons. The van der Waals surface area contributed by atoms with E-state index >= 15 is 0 Å². The third-order valence-corrected chi connectivity index (χ3v) is 4.66. The number of aryl methyl sites for hydroxylation is 1. The highest BCUT2D eigenvalue weighted by molar-refractivity contribution is 7.98. The van der Waals surface area contributed by atoms with Crippen molar-refractivity contribution in [2.24, 2.45) is 0 Å². The lowest BCUT2D eigenvalue weighted by Gasteiger charge is -2.08. The molecule has 0 spiro atoms. The lowest BCUT2D eigenvalue weighted by Crippen LogP contribution is -1.96. The summed E-state index contributed by atoms with van der Waals surface area (Å²) < 4.78 is 5.16. The van der Waals surface area contributed by atoms with Gasteiger partial charge in [0.25, 0.3) is 0 Å². The second-order valence-corrected chi connectivity index (χ2v) is 5.72. The second kappa shape index (κ2) is 3.57. The molecule has 0 unspecified atom stereocenters. The average molecular weight is 238 g/mol. The molecule has 0 bridgehead atoms. The Kier molecular flexibility index (Phi) is 2.21. The zero-order chi connectivity index (χ0) is 10.3. The van der Waals surface area contributed by atoms with Crippen molar-refractivity contribution >= 4 is 28.9 Å². The van der Waals surface area contributed by atoms with E-state index in [0.29, 0.717) is 5.82 Å². The molecular weight excluding hydrogens is 228 g/mol. The Morgan fingerprint density at radius 3 is 3.07 bits per heavy atom. The fraction of sp³-hybridized carbons (Fsp3) is 0.300. The van der Waals surface area contributed by atoms with Gasteiger partial charge in [0.1, 0.15) is 0 Å². The molecule has 0 saturated carbocycles. The lowest BCUT2D eigenvalue weighted by atomic mass is 10.2. The van der Waals surface area contributed by atoms with E-state index in [-0.39, 0.29) is 0 Å². The van der Waals surface area contributed by atoms with Crippen molar-refractivity contribution in [1.82, 2.24) is 5.16 Å². The maximum atomic E-state index is 5.53. The third kappa shape index (κ3) is 1.66. The molecule has 0 fully saturated rings. The minimum Gasteiger partial charge on any atom is -0.381 e. The molecule has 2 N–H and O–H groups in total. The minimum absolute atomic E-state index is 0.450. The van der Waals surface area contributed by atoms with Gasteiger partial charge in [-0.25, -0.2) is 0 Å². The smallest absolute Gasteiger partial charge is 0.179 e. The fourth-order valence-corrected chi connectivity index (χ4v) is 3.99. The van der Waals surface area contributed by atoms with Crippen LogP contribution in [0, 0.1) is 0 Å². The topological polar surface area (TPSA) is 52.0 Å². The maximum Gasteiger partial charge on any atom is 0.179 e. The van der Waals surface area contributed by atoms with Crippen LogP contribution in [0.15, 0.2) is 16.7 Å². The first-order valence-corrected chi connectivity index (χ1v) is 6.72. The first kappa shape index (κ1) is 9.30. The molecule has 2 aromatic rings. The Morgan fingerprint density at radius 2 is 2.33 bits per heavy atom. The van der Waals surface area contributed by atoms with Crippen molar-refractivity contribution in [3.05, 3.63) is 22.6 Å². The van der Waals surface area contributed by atoms with Gasteiger partial charge < -0.3 is 10.3 Å². The summed E-state index contributed by atoms with van der Waals surface area (Å²) in [5, 5.41) is 3.70. The predicted molar refractivity (Wildman–Crippen MR) is 64.1 cm³/mol. The van der Waals surface area contributed by atoms with Crippen molar-refractivity contribution in [1.29, 1.82) is 0 Å². The number of thioether (sulfide) groups is 1. The fourth-order valence-electron chi connectivity index (χ4n) is 1.67. The van der Waals surface area contributed by atoms with E-state index in [2.05, 4.69) is 11.2 Å². The Balaban J connectivity index is 2.02. The number of nitrogens with two attached hydrogens (primary N) is 1. The van der Waals surface area contributed by atoms with Gasteiger partial charge >= 0.3 is 0 Å². The van der Waals surface area contributed by atoms with Crippen LogP contribution < -0.4 is 5.73 Å². The summed E-state index contributed by atoms with van der Waals surface area (Å²) >= 11 is 3.79. The molecule has 0 aromatic carbocycles. The molecule has 1 aliphatic rings. The predicted octanol–water partition coefficient (Wildman–Crippen LogP) is 2.77. The van der Waals surface area contributed by atoms with Crippen molar-refractivity contribution in [3.63, 3.8) is 0 Å². The normalized spacial score (nSPS) is 15.2. The molecule has 3 heterocycles. The molecule has 3 nitrogen and oxygen atoms in total. The van der Waals surface area contributed by atoms with Gasteiger partial charge in [0.05, 0.1) is 4.88 Å². The van der Waals surface area contributed by atoms with Crippen molar-refractivity contribution in [2.75, 3.05) is 11.5 Å². The number of thiophene rings is 1. The van der Waals surface area contributed by atoms with E-state index < -0.39 is 0 Å². The SMILES string of the molecule is Nc1cc(-c2cc3c(s2)CCSC3)on1. The van der Waals surface area contributed by atoms with Crippen LogP contribution in [-0.4, -0.2) is 10.9 Å². The van der Waals surface area contributed by atoms with Crippen molar-refractivity contribution in [2.45, 2.75) is 12.2 Å². The van der Waals surface area contributed by atoms with Crippen LogP contribution in [0.5, 0.6) is 0 Å². The van der Waals surface area contributed by atoms with Crippen molar-refractivity contribution < 1.29 is 4.52 Å². The molecule has 3 rings (SSSR count). The van der Waals surface area contributed by atoms with Gasteiger partial charge in [0, 0.05) is 16.7 Å². The van der Waals surface area contributed by atoms with Gasteiger partial charge in [-0.15, -0.1) is 11.3 Å². The molecule has 5 heteroatoms. The summed E-state index contributed by atoms with van der Waals surface area (Å²) in [6, 6.07) is 3.98. The Labute approximate surface area is 95.6 Å². The zero-order valence-electron chi connectivity index (χ0n) is 8.03. The molecule has 0 atom stereocenters. The summed E-state index contributed by atoms with van der Waals surface area (Å²) in [7, 11) is 0. The molecule has 0 radical (unpaired) electrons.